The lowest BCUT2D eigenvalue weighted by molar-refractivity contribution is 0.103. The average molecular weight is 503 g/mol. The molecule has 182 valence electrons. The molecule has 0 fully saturated rings. The quantitative estimate of drug-likeness (QED) is 0.354. The van der Waals surface area contributed by atoms with Crippen LogP contribution in [-0.4, -0.2) is 59.1 Å². The minimum Gasteiger partial charge on any atom is -0.467 e. The third-order valence-electron chi connectivity index (χ3n) is 5.33. The molecule has 0 saturated carbocycles. The number of nitrogens with zero attached hydrogens (tertiary/aromatic N) is 4. The Kier molecular flexibility index (Phi) is 6.45. The van der Waals surface area contributed by atoms with E-state index in [1.54, 1.807) is 13.0 Å². The first kappa shape index (κ1) is 24.2. The van der Waals surface area contributed by atoms with Crippen LogP contribution >= 0.6 is 0 Å². The van der Waals surface area contributed by atoms with Crippen LogP contribution in [0.4, 0.5) is 14.5 Å². The van der Waals surface area contributed by atoms with Gasteiger partial charge in [-0.2, -0.15) is 12.7 Å². The van der Waals surface area contributed by atoms with E-state index in [9.17, 15) is 17.6 Å². The van der Waals surface area contributed by atoms with Gasteiger partial charge in [0, 0.05) is 60.5 Å². The van der Waals surface area contributed by atoms with E-state index in [0.717, 1.165) is 16.4 Å². The SMILES string of the molecule is CCN(C)S(=O)(=O)Nc1ccc(F)c(C(=O)c2c[nH]c3ncc(-c4cnc(OC)nc4)cc23)c1F. The monoisotopic (exact) mass is 502 g/mol. The van der Waals surface area contributed by atoms with Gasteiger partial charge in [-0.15, -0.1) is 0 Å². The summed E-state index contributed by atoms with van der Waals surface area (Å²) in [5.74, 6) is -3.45. The molecule has 3 heterocycles. The lowest BCUT2D eigenvalue weighted by Gasteiger charge is -2.17. The lowest BCUT2D eigenvalue weighted by atomic mass is 10.0. The van der Waals surface area contributed by atoms with E-state index in [-0.39, 0.29) is 18.1 Å². The second kappa shape index (κ2) is 9.35. The highest BCUT2D eigenvalue weighted by molar-refractivity contribution is 7.90. The molecular weight excluding hydrogens is 482 g/mol. The van der Waals surface area contributed by atoms with Crippen molar-refractivity contribution in [1.82, 2.24) is 24.2 Å². The van der Waals surface area contributed by atoms with Crippen LogP contribution < -0.4 is 9.46 Å². The molecule has 10 nitrogen and oxygen atoms in total. The van der Waals surface area contributed by atoms with Crippen LogP contribution in [0.15, 0.2) is 43.0 Å². The molecule has 0 saturated heterocycles. The smallest absolute Gasteiger partial charge is 0.316 e. The summed E-state index contributed by atoms with van der Waals surface area (Å²) in [5, 5.41) is 0.304. The highest BCUT2D eigenvalue weighted by Crippen LogP contribution is 2.29. The molecule has 0 aliphatic carbocycles. The predicted molar refractivity (Wildman–Crippen MR) is 124 cm³/mol. The van der Waals surface area contributed by atoms with E-state index in [4.69, 9.17) is 4.74 Å². The third kappa shape index (κ3) is 4.55. The van der Waals surface area contributed by atoms with Crippen molar-refractivity contribution in [3.63, 3.8) is 0 Å². The number of halogens is 2. The van der Waals surface area contributed by atoms with Crippen molar-refractivity contribution >= 4 is 32.7 Å². The summed E-state index contributed by atoms with van der Waals surface area (Å²) in [5.41, 5.74) is -0.0546. The van der Waals surface area contributed by atoms with Gasteiger partial charge in [0.1, 0.15) is 11.5 Å². The first-order valence-corrected chi connectivity index (χ1v) is 11.7. The lowest BCUT2D eigenvalue weighted by Crippen LogP contribution is -2.32. The van der Waals surface area contributed by atoms with E-state index in [2.05, 4.69) is 19.9 Å². The maximum Gasteiger partial charge on any atom is 0.316 e. The summed E-state index contributed by atoms with van der Waals surface area (Å²) < 4.78 is 62.4. The number of methoxy groups -OCH3 is 1. The minimum atomic E-state index is -4.10. The van der Waals surface area contributed by atoms with Crippen LogP contribution in [0.25, 0.3) is 22.2 Å². The number of aromatic nitrogens is 4. The molecule has 35 heavy (non-hydrogen) atoms. The van der Waals surface area contributed by atoms with Crippen LogP contribution in [-0.2, 0) is 10.2 Å². The van der Waals surface area contributed by atoms with Crippen molar-refractivity contribution in [3.8, 4) is 17.1 Å². The maximum absolute atomic E-state index is 15.2. The molecule has 3 aromatic heterocycles. The molecule has 0 unspecified atom stereocenters. The molecule has 4 rings (SSSR count). The van der Waals surface area contributed by atoms with Gasteiger partial charge in [-0.05, 0) is 18.2 Å². The Morgan fingerprint density at radius 2 is 1.83 bits per heavy atom. The fourth-order valence-corrected chi connectivity index (χ4v) is 4.21. The number of aromatic amines is 1. The van der Waals surface area contributed by atoms with Gasteiger partial charge in [-0.25, -0.2) is 23.7 Å². The van der Waals surface area contributed by atoms with Crippen LogP contribution in [0.1, 0.15) is 22.8 Å². The van der Waals surface area contributed by atoms with Crippen molar-refractivity contribution in [2.24, 2.45) is 0 Å². The molecule has 0 spiro atoms. The Hall–Kier alpha value is -3.97. The molecule has 0 amide bonds. The number of fused-ring (bicyclic) bond motifs is 1. The zero-order valence-corrected chi connectivity index (χ0v) is 19.7. The van der Waals surface area contributed by atoms with Gasteiger partial charge >= 0.3 is 16.2 Å². The second-order valence-corrected chi connectivity index (χ2v) is 9.19. The number of carbonyl (C=O) groups excluding carboxylic acids is 1. The number of pyridine rings is 1. The molecule has 0 radical (unpaired) electrons. The number of H-pyrrole nitrogens is 1. The molecule has 0 aliphatic rings. The largest absolute Gasteiger partial charge is 0.467 e. The van der Waals surface area contributed by atoms with Crippen LogP contribution in [0.3, 0.4) is 0 Å². The predicted octanol–water partition coefficient (Wildman–Crippen LogP) is 3.15. The summed E-state index contributed by atoms with van der Waals surface area (Å²) in [7, 11) is -1.38. The van der Waals surface area contributed by atoms with Gasteiger partial charge in [-0.1, -0.05) is 6.92 Å². The van der Waals surface area contributed by atoms with E-state index in [1.165, 1.54) is 38.9 Å². The Balaban J connectivity index is 1.76. The second-order valence-electron chi connectivity index (χ2n) is 7.42. The molecule has 0 aliphatic heterocycles. The standard InChI is InChI=1S/C22H20F2N6O4S/c1-4-30(2)35(32,33)29-17-6-5-16(23)18(19(17)24)20(31)15-11-26-21-14(15)7-12(8-25-21)13-9-27-22(34-3)28-10-13/h5-11,29H,4H2,1-3H3,(H,25,26). The Bertz CT molecular complexity index is 1520. The molecular formula is C22H20F2N6O4S. The van der Waals surface area contributed by atoms with Crippen molar-refractivity contribution in [1.29, 1.82) is 0 Å². The summed E-state index contributed by atoms with van der Waals surface area (Å²) in [6.07, 6.45) is 5.82. The molecule has 2 N–H and O–H groups in total. The number of ether oxygens (including phenoxy) is 1. The maximum atomic E-state index is 15.2. The Morgan fingerprint density at radius 1 is 1.14 bits per heavy atom. The molecule has 4 aromatic rings. The van der Waals surface area contributed by atoms with E-state index in [1.807, 2.05) is 4.72 Å². The fraction of sp³-hybridized carbons (Fsp3) is 0.182. The fourth-order valence-electron chi connectivity index (χ4n) is 3.28. The van der Waals surface area contributed by atoms with Crippen LogP contribution in [0, 0.1) is 11.6 Å². The van der Waals surface area contributed by atoms with Gasteiger partial charge in [0.25, 0.3) is 0 Å². The van der Waals surface area contributed by atoms with E-state index >= 15 is 4.39 Å². The normalized spacial score (nSPS) is 11.7. The van der Waals surface area contributed by atoms with Gasteiger partial charge < -0.3 is 9.72 Å². The number of anilines is 1. The number of ketones is 1. The highest BCUT2D eigenvalue weighted by Gasteiger charge is 2.27. The van der Waals surface area contributed by atoms with E-state index in [0.29, 0.717) is 22.2 Å². The summed E-state index contributed by atoms with van der Waals surface area (Å²) in [4.78, 5) is 28.4. The van der Waals surface area contributed by atoms with Crippen molar-refractivity contribution in [2.45, 2.75) is 6.92 Å². The van der Waals surface area contributed by atoms with Crippen molar-refractivity contribution in [3.05, 3.63) is 65.7 Å². The Labute approximate surface area is 199 Å². The zero-order chi connectivity index (χ0) is 25.3. The molecule has 0 atom stereocenters. The summed E-state index contributed by atoms with van der Waals surface area (Å²) in [6, 6.07) is 3.52. The number of benzene rings is 1. The molecule has 0 bridgehead atoms. The number of hydrogen-bond donors (Lipinski definition) is 2. The summed E-state index contributed by atoms with van der Waals surface area (Å²) in [6.45, 7) is 1.71. The average Bonchev–Trinajstić information content (AvgIpc) is 3.28. The summed E-state index contributed by atoms with van der Waals surface area (Å²) >= 11 is 0. The van der Waals surface area contributed by atoms with Crippen LogP contribution in [0.2, 0.25) is 0 Å². The molecule has 13 heteroatoms. The van der Waals surface area contributed by atoms with Gasteiger partial charge in [0.2, 0.25) is 5.78 Å². The first-order valence-electron chi connectivity index (χ1n) is 10.3. The topological polar surface area (TPSA) is 130 Å². The minimum absolute atomic E-state index is 0.0488. The number of rotatable bonds is 8. The highest BCUT2D eigenvalue weighted by atomic mass is 32.2. The number of nitrogens with one attached hydrogen (secondary N) is 2. The number of carbonyl (C=O) groups is 1. The Morgan fingerprint density at radius 3 is 2.49 bits per heavy atom. The zero-order valence-electron chi connectivity index (χ0n) is 18.8. The van der Waals surface area contributed by atoms with Gasteiger partial charge in [0.05, 0.1) is 18.4 Å². The van der Waals surface area contributed by atoms with Crippen molar-refractivity contribution in [2.75, 3.05) is 25.4 Å². The number of hydrogen-bond acceptors (Lipinski definition) is 7. The van der Waals surface area contributed by atoms with Gasteiger partial charge in [0.15, 0.2) is 5.82 Å². The third-order valence-corrected chi connectivity index (χ3v) is 6.89. The van der Waals surface area contributed by atoms with Gasteiger partial charge in [-0.3, -0.25) is 9.52 Å². The van der Waals surface area contributed by atoms with Crippen LogP contribution in [0.5, 0.6) is 6.01 Å². The van der Waals surface area contributed by atoms with E-state index < -0.39 is 38.9 Å². The first-order chi connectivity index (χ1) is 16.7. The van der Waals surface area contributed by atoms with Crippen molar-refractivity contribution < 1.29 is 26.7 Å². The molecule has 1 aromatic carbocycles.